The Morgan fingerprint density at radius 2 is 2.14 bits per heavy atom. The lowest BCUT2D eigenvalue weighted by Crippen LogP contribution is -2.35. The normalized spacial score (nSPS) is 21.6. The first-order valence-electron chi connectivity index (χ1n) is 8.61. The van der Waals surface area contributed by atoms with Crippen molar-refractivity contribution in [1.29, 1.82) is 0 Å². The van der Waals surface area contributed by atoms with E-state index in [0.717, 1.165) is 6.08 Å². The highest BCUT2D eigenvalue weighted by Gasteiger charge is 2.34. The first-order chi connectivity index (χ1) is 13.4. The van der Waals surface area contributed by atoms with Crippen molar-refractivity contribution in [3.63, 3.8) is 0 Å². The van der Waals surface area contributed by atoms with Gasteiger partial charge in [0.25, 0.3) is 0 Å². The van der Waals surface area contributed by atoms with Crippen molar-refractivity contribution < 1.29 is 13.2 Å². The van der Waals surface area contributed by atoms with Crippen molar-refractivity contribution in [2.24, 2.45) is 9.98 Å². The van der Waals surface area contributed by atoms with Gasteiger partial charge in [-0.15, -0.1) is 0 Å². The number of nitrogens with one attached hydrogen (secondary N) is 1. The van der Waals surface area contributed by atoms with E-state index in [4.69, 9.17) is 5.73 Å². The number of amidine groups is 1. The fourth-order valence-electron chi connectivity index (χ4n) is 3.16. The number of allylic oxidation sites excluding steroid dienone is 2. The Labute approximate surface area is 159 Å². The summed E-state index contributed by atoms with van der Waals surface area (Å²) in [6, 6.07) is 4.68. The first-order valence-corrected chi connectivity index (χ1v) is 8.61. The summed E-state index contributed by atoms with van der Waals surface area (Å²) in [5.74, 6) is -1.39. The van der Waals surface area contributed by atoms with E-state index in [0.29, 0.717) is 28.7 Å². The molecule has 2 unspecified atom stereocenters. The molecule has 3 N–H and O–H groups in total. The Kier molecular flexibility index (Phi) is 4.50. The van der Waals surface area contributed by atoms with Gasteiger partial charge in [0.05, 0.1) is 24.0 Å². The molecule has 1 aliphatic heterocycles. The van der Waals surface area contributed by atoms with Gasteiger partial charge in [-0.1, -0.05) is 12.1 Å². The van der Waals surface area contributed by atoms with Crippen LogP contribution in [0.4, 0.5) is 19.0 Å². The van der Waals surface area contributed by atoms with Crippen LogP contribution in [0.25, 0.3) is 5.69 Å². The summed E-state index contributed by atoms with van der Waals surface area (Å²) in [5, 5.41) is 3.02. The van der Waals surface area contributed by atoms with Crippen LogP contribution in [0.15, 0.2) is 64.4 Å². The molecule has 2 aliphatic rings. The number of anilines is 1. The van der Waals surface area contributed by atoms with Gasteiger partial charge in [-0.3, -0.25) is 14.6 Å². The number of aliphatic imine (C=N–C) groups is 2. The van der Waals surface area contributed by atoms with Gasteiger partial charge in [0.15, 0.2) is 11.7 Å². The van der Waals surface area contributed by atoms with E-state index in [2.05, 4.69) is 20.3 Å². The molecule has 0 bridgehead atoms. The summed E-state index contributed by atoms with van der Waals surface area (Å²) in [6.45, 7) is 1.88. The standard InChI is InChI=1S/C19H17F3N6/c1-10(17-19(23)28(9-25-17)12-4-2-3-11(20)7-12)24-8-15-26-14-6-5-13(21)16(22)18(14)27-15/h2-7,9,14,18H,8,23H2,1H3,(H,26,27). The first kappa shape index (κ1) is 18.0. The Balaban J connectivity index is 1.52. The molecule has 0 spiro atoms. The van der Waals surface area contributed by atoms with Crippen LogP contribution >= 0.6 is 0 Å². The van der Waals surface area contributed by atoms with Gasteiger partial charge in [0, 0.05) is 0 Å². The molecular weight excluding hydrogens is 369 g/mol. The van der Waals surface area contributed by atoms with Crippen molar-refractivity contribution in [1.82, 2.24) is 14.9 Å². The molecule has 1 aromatic carbocycles. The summed E-state index contributed by atoms with van der Waals surface area (Å²) < 4.78 is 42.2. The van der Waals surface area contributed by atoms with Crippen LogP contribution < -0.4 is 11.1 Å². The molecular formula is C19H17F3N6. The van der Waals surface area contributed by atoms with Gasteiger partial charge in [-0.25, -0.2) is 18.2 Å². The van der Waals surface area contributed by atoms with Crippen LogP contribution in [0.1, 0.15) is 12.6 Å². The number of nitrogens with zero attached hydrogens (tertiary/aromatic N) is 4. The molecule has 0 saturated heterocycles. The summed E-state index contributed by atoms with van der Waals surface area (Å²) in [7, 11) is 0. The van der Waals surface area contributed by atoms with Gasteiger partial charge in [-0.2, -0.15) is 0 Å². The van der Waals surface area contributed by atoms with E-state index in [-0.39, 0.29) is 12.4 Å². The van der Waals surface area contributed by atoms with E-state index in [9.17, 15) is 13.2 Å². The highest BCUT2D eigenvalue weighted by molar-refractivity contribution is 6.02. The van der Waals surface area contributed by atoms with E-state index >= 15 is 0 Å². The summed E-state index contributed by atoms with van der Waals surface area (Å²) in [4.78, 5) is 12.8. The maximum atomic E-state index is 13.8. The monoisotopic (exact) mass is 386 g/mol. The molecule has 2 atom stereocenters. The SMILES string of the molecule is CC(=NCC1=NC2C(F)=C(F)C=CC2N1)c1ncn(-c2cccc(F)c2)c1N. The molecule has 0 radical (unpaired) electrons. The topological polar surface area (TPSA) is 80.6 Å². The number of hydrogen-bond acceptors (Lipinski definition) is 5. The number of nitrogen functional groups attached to an aromatic ring is 1. The molecule has 4 rings (SSSR count). The minimum atomic E-state index is -0.900. The lowest BCUT2D eigenvalue weighted by Gasteiger charge is -2.16. The molecule has 9 heteroatoms. The highest BCUT2D eigenvalue weighted by Crippen LogP contribution is 2.27. The summed E-state index contributed by atoms with van der Waals surface area (Å²) in [6.07, 6.45) is 4.12. The van der Waals surface area contributed by atoms with Gasteiger partial charge < -0.3 is 11.1 Å². The van der Waals surface area contributed by atoms with Gasteiger partial charge >= 0.3 is 0 Å². The average Bonchev–Trinajstić information content (AvgIpc) is 3.27. The van der Waals surface area contributed by atoms with Gasteiger partial charge in [0.1, 0.15) is 35.5 Å². The quantitative estimate of drug-likeness (QED) is 0.793. The van der Waals surface area contributed by atoms with E-state index < -0.39 is 23.7 Å². The number of hydrogen-bond donors (Lipinski definition) is 2. The number of fused-ring (bicyclic) bond motifs is 1. The van der Waals surface area contributed by atoms with Crippen LogP contribution in [-0.4, -0.2) is 39.7 Å². The van der Waals surface area contributed by atoms with Crippen LogP contribution in [0.5, 0.6) is 0 Å². The van der Waals surface area contributed by atoms with Crippen LogP contribution in [0.3, 0.4) is 0 Å². The molecule has 0 amide bonds. The zero-order chi connectivity index (χ0) is 19.8. The smallest absolute Gasteiger partial charge is 0.162 e. The highest BCUT2D eigenvalue weighted by atomic mass is 19.2. The molecule has 1 aromatic heterocycles. The minimum absolute atomic E-state index is 0.147. The average molecular weight is 386 g/mol. The van der Waals surface area contributed by atoms with E-state index in [1.165, 1.54) is 24.5 Å². The molecule has 144 valence electrons. The molecule has 28 heavy (non-hydrogen) atoms. The predicted molar refractivity (Wildman–Crippen MR) is 102 cm³/mol. The summed E-state index contributed by atoms with van der Waals surface area (Å²) in [5.41, 5.74) is 7.69. The Morgan fingerprint density at radius 1 is 1.32 bits per heavy atom. The molecule has 6 nitrogen and oxygen atoms in total. The third kappa shape index (κ3) is 3.19. The fourth-order valence-corrected chi connectivity index (χ4v) is 3.16. The zero-order valence-electron chi connectivity index (χ0n) is 14.9. The van der Waals surface area contributed by atoms with Crippen LogP contribution in [0, 0.1) is 5.82 Å². The van der Waals surface area contributed by atoms with Crippen molar-refractivity contribution in [3.05, 3.63) is 65.9 Å². The number of imidazole rings is 1. The zero-order valence-corrected chi connectivity index (χ0v) is 14.9. The maximum absolute atomic E-state index is 13.8. The number of nitrogens with two attached hydrogens (primary N) is 1. The van der Waals surface area contributed by atoms with Crippen molar-refractivity contribution in [3.8, 4) is 5.69 Å². The molecule has 2 aromatic rings. The number of aromatic nitrogens is 2. The number of benzene rings is 1. The van der Waals surface area contributed by atoms with E-state index in [1.807, 2.05) is 0 Å². The molecule has 0 saturated carbocycles. The molecule has 0 fully saturated rings. The largest absolute Gasteiger partial charge is 0.383 e. The summed E-state index contributed by atoms with van der Waals surface area (Å²) >= 11 is 0. The maximum Gasteiger partial charge on any atom is 0.162 e. The Hall–Kier alpha value is -3.36. The number of rotatable bonds is 4. The van der Waals surface area contributed by atoms with Crippen molar-refractivity contribution >= 4 is 17.4 Å². The second-order valence-electron chi connectivity index (χ2n) is 6.48. The van der Waals surface area contributed by atoms with Crippen LogP contribution in [0.2, 0.25) is 0 Å². The van der Waals surface area contributed by atoms with Gasteiger partial charge in [-0.05, 0) is 31.2 Å². The third-order valence-corrected chi connectivity index (χ3v) is 4.61. The van der Waals surface area contributed by atoms with Crippen molar-refractivity contribution in [2.75, 3.05) is 12.3 Å². The molecule has 2 heterocycles. The lowest BCUT2D eigenvalue weighted by atomic mass is 10.0. The van der Waals surface area contributed by atoms with Crippen molar-refractivity contribution in [2.45, 2.75) is 19.0 Å². The van der Waals surface area contributed by atoms with Crippen LogP contribution in [-0.2, 0) is 0 Å². The second kappa shape index (κ2) is 6.99. The van der Waals surface area contributed by atoms with E-state index in [1.54, 1.807) is 23.6 Å². The molecule has 1 aliphatic carbocycles. The Morgan fingerprint density at radius 3 is 2.93 bits per heavy atom. The second-order valence-corrected chi connectivity index (χ2v) is 6.48. The third-order valence-electron chi connectivity index (χ3n) is 4.61. The lowest BCUT2D eigenvalue weighted by molar-refractivity contribution is 0.463. The fraction of sp³-hybridized carbons (Fsp3) is 0.211. The minimum Gasteiger partial charge on any atom is -0.383 e. The predicted octanol–water partition coefficient (Wildman–Crippen LogP) is 2.86. The Bertz CT molecular complexity index is 1050. The van der Waals surface area contributed by atoms with Gasteiger partial charge in [0.2, 0.25) is 0 Å². The number of halogens is 3.